The first-order valence-corrected chi connectivity index (χ1v) is 6.57. The van der Waals surface area contributed by atoms with Crippen molar-refractivity contribution in [3.63, 3.8) is 0 Å². The predicted octanol–water partition coefficient (Wildman–Crippen LogP) is 3.39. The summed E-state index contributed by atoms with van der Waals surface area (Å²) >= 11 is 1.67. The summed E-state index contributed by atoms with van der Waals surface area (Å²) in [5.74, 6) is -0.762. The first-order chi connectivity index (χ1) is 9.08. The lowest BCUT2D eigenvalue weighted by molar-refractivity contribution is -0.387. The maximum absolute atomic E-state index is 13.8. The van der Waals surface area contributed by atoms with Crippen molar-refractivity contribution < 1.29 is 9.31 Å². The smallest absolute Gasteiger partial charge is 0.305 e. The van der Waals surface area contributed by atoms with E-state index in [9.17, 15) is 14.5 Å². The molecule has 0 fully saturated rings. The van der Waals surface area contributed by atoms with E-state index in [2.05, 4.69) is 5.32 Å². The summed E-state index contributed by atoms with van der Waals surface area (Å²) in [4.78, 5) is 12.3. The first kappa shape index (κ1) is 13.6. The highest BCUT2D eigenvalue weighted by atomic mass is 32.1. The molecule has 0 unspecified atom stereocenters. The van der Waals surface area contributed by atoms with E-state index in [0.717, 1.165) is 4.88 Å². The van der Waals surface area contributed by atoms with Crippen LogP contribution in [0.25, 0.3) is 0 Å². The van der Waals surface area contributed by atoms with Gasteiger partial charge in [0.2, 0.25) is 5.82 Å². The molecule has 100 valence electrons. The molecule has 0 spiro atoms. The van der Waals surface area contributed by atoms with Crippen molar-refractivity contribution in [2.75, 3.05) is 0 Å². The number of aryl methyl sites for hydroxylation is 1. The molecule has 0 saturated carbocycles. The number of hydrogen-bond donors (Lipinski definition) is 1. The fourth-order valence-electron chi connectivity index (χ4n) is 1.74. The second kappa shape index (κ2) is 5.90. The van der Waals surface area contributed by atoms with Crippen LogP contribution in [0, 0.1) is 22.9 Å². The lowest BCUT2D eigenvalue weighted by Crippen LogP contribution is -2.13. The number of hydrogen-bond acceptors (Lipinski definition) is 4. The minimum absolute atomic E-state index is 0.268. The fourth-order valence-corrected chi connectivity index (χ4v) is 2.60. The molecule has 0 aliphatic heterocycles. The van der Waals surface area contributed by atoms with Gasteiger partial charge in [-0.2, -0.15) is 4.39 Å². The van der Waals surface area contributed by atoms with Crippen LogP contribution < -0.4 is 5.32 Å². The molecule has 6 heteroatoms. The Morgan fingerprint density at radius 2 is 2.11 bits per heavy atom. The third-order valence-electron chi connectivity index (χ3n) is 2.67. The van der Waals surface area contributed by atoms with Gasteiger partial charge in [-0.05, 0) is 19.1 Å². The highest BCUT2D eigenvalue weighted by molar-refractivity contribution is 7.11. The van der Waals surface area contributed by atoms with Crippen LogP contribution in [0.3, 0.4) is 0 Å². The molecule has 0 aliphatic rings. The molecular weight excluding hydrogens is 267 g/mol. The van der Waals surface area contributed by atoms with Crippen molar-refractivity contribution >= 4 is 17.0 Å². The number of halogens is 1. The lowest BCUT2D eigenvalue weighted by Gasteiger charge is -2.05. The largest absolute Gasteiger partial charge is 0.308 e. The van der Waals surface area contributed by atoms with Crippen LogP contribution in [0.15, 0.2) is 30.3 Å². The Kier molecular flexibility index (Phi) is 4.24. The van der Waals surface area contributed by atoms with Crippen LogP contribution in [0.5, 0.6) is 0 Å². The number of benzene rings is 1. The highest BCUT2D eigenvalue weighted by Crippen LogP contribution is 2.20. The van der Waals surface area contributed by atoms with E-state index in [4.69, 9.17) is 0 Å². The third-order valence-corrected chi connectivity index (χ3v) is 3.67. The van der Waals surface area contributed by atoms with Gasteiger partial charge >= 0.3 is 5.69 Å². The minimum atomic E-state index is -0.762. The zero-order valence-corrected chi connectivity index (χ0v) is 11.2. The average molecular weight is 280 g/mol. The Morgan fingerprint density at radius 3 is 2.74 bits per heavy atom. The summed E-state index contributed by atoms with van der Waals surface area (Å²) in [5.41, 5.74) is -0.172. The van der Waals surface area contributed by atoms with Crippen LogP contribution in [-0.4, -0.2) is 4.92 Å². The SMILES string of the molecule is Cc1ccc(CNCc2cccc([N+](=O)[O-])c2F)s1. The summed E-state index contributed by atoms with van der Waals surface area (Å²) < 4.78 is 13.8. The molecule has 0 aliphatic carbocycles. The van der Waals surface area contributed by atoms with Gasteiger partial charge in [0.05, 0.1) is 4.92 Å². The van der Waals surface area contributed by atoms with E-state index in [1.165, 1.54) is 17.0 Å². The molecule has 1 aromatic carbocycles. The minimum Gasteiger partial charge on any atom is -0.308 e. The molecule has 1 N–H and O–H groups in total. The van der Waals surface area contributed by atoms with E-state index in [-0.39, 0.29) is 6.54 Å². The Labute approximate surface area is 114 Å². The molecule has 0 radical (unpaired) electrons. The summed E-state index contributed by atoms with van der Waals surface area (Å²) in [5, 5.41) is 13.7. The van der Waals surface area contributed by atoms with Crippen molar-refractivity contribution in [2.24, 2.45) is 0 Å². The van der Waals surface area contributed by atoms with Gasteiger partial charge in [0.25, 0.3) is 0 Å². The zero-order valence-electron chi connectivity index (χ0n) is 10.4. The monoisotopic (exact) mass is 280 g/mol. The predicted molar refractivity (Wildman–Crippen MR) is 72.7 cm³/mol. The quantitative estimate of drug-likeness (QED) is 0.674. The van der Waals surface area contributed by atoms with Crippen LogP contribution in [-0.2, 0) is 13.1 Å². The van der Waals surface area contributed by atoms with E-state index >= 15 is 0 Å². The number of nitro benzene ring substituents is 1. The number of thiophene rings is 1. The van der Waals surface area contributed by atoms with Crippen molar-refractivity contribution in [1.29, 1.82) is 0 Å². The van der Waals surface area contributed by atoms with Crippen molar-refractivity contribution in [1.82, 2.24) is 5.32 Å². The van der Waals surface area contributed by atoms with E-state index in [1.807, 2.05) is 19.1 Å². The van der Waals surface area contributed by atoms with Gasteiger partial charge in [-0.3, -0.25) is 10.1 Å². The van der Waals surface area contributed by atoms with Crippen LogP contribution in [0.1, 0.15) is 15.3 Å². The molecule has 2 rings (SSSR count). The zero-order chi connectivity index (χ0) is 13.8. The van der Waals surface area contributed by atoms with Gasteiger partial charge in [0, 0.05) is 34.5 Å². The van der Waals surface area contributed by atoms with Gasteiger partial charge in [-0.1, -0.05) is 12.1 Å². The van der Waals surface area contributed by atoms with E-state index in [0.29, 0.717) is 12.1 Å². The molecule has 1 aromatic heterocycles. The van der Waals surface area contributed by atoms with E-state index < -0.39 is 16.4 Å². The molecule has 1 heterocycles. The maximum atomic E-state index is 13.8. The summed E-state index contributed by atoms with van der Waals surface area (Å²) in [6.45, 7) is 2.92. The summed E-state index contributed by atoms with van der Waals surface area (Å²) in [6, 6.07) is 8.25. The van der Waals surface area contributed by atoms with Crippen molar-refractivity contribution in [3.8, 4) is 0 Å². The highest BCUT2D eigenvalue weighted by Gasteiger charge is 2.16. The molecular formula is C13H13FN2O2S. The number of nitrogens with zero attached hydrogens (tertiary/aromatic N) is 1. The van der Waals surface area contributed by atoms with Gasteiger partial charge in [-0.25, -0.2) is 0 Å². The summed E-state index contributed by atoms with van der Waals surface area (Å²) in [7, 11) is 0. The Hall–Kier alpha value is -1.79. The van der Waals surface area contributed by atoms with Crippen molar-refractivity contribution in [3.05, 3.63) is 61.6 Å². The fraction of sp³-hybridized carbons (Fsp3) is 0.231. The summed E-state index contributed by atoms with van der Waals surface area (Å²) in [6.07, 6.45) is 0. The number of rotatable bonds is 5. The Morgan fingerprint density at radius 1 is 1.32 bits per heavy atom. The van der Waals surface area contributed by atoms with Crippen LogP contribution in [0.4, 0.5) is 10.1 Å². The van der Waals surface area contributed by atoms with Gasteiger partial charge in [0.1, 0.15) is 0 Å². The number of nitro groups is 1. The Bertz CT molecular complexity index is 598. The topological polar surface area (TPSA) is 55.2 Å². The number of nitrogens with one attached hydrogen (secondary N) is 1. The van der Waals surface area contributed by atoms with Crippen LogP contribution >= 0.6 is 11.3 Å². The van der Waals surface area contributed by atoms with E-state index in [1.54, 1.807) is 17.4 Å². The molecule has 19 heavy (non-hydrogen) atoms. The van der Waals surface area contributed by atoms with Crippen LogP contribution in [0.2, 0.25) is 0 Å². The molecule has 0 saturated heterocycles. The lowest BCUT2D eigenvalue weighted by atomic mass is 10.2. The third kappa shape index (κ3) is 3.36. The molecule has 4 nitrogen and oxygen atoms in total. The van der Waals surface area contributed by atoms with Crippen molar-refractivity contribution in [2.45, 2.75) is 20.0 Å². The molecule has 0 amide bonds. The second-order valence-electron chi connectivity index (χ2n) is 4.12. The van der Waals surface area contributed by atoms with Gasteiger partial charge < -0.3 is 5.32 Å². The molecule has 0 bridgehead atoms. The molecule has 2 aromatic rings. The standard InChI is InChI=1S/C13H13FN2O2S/c1-9-5-6-11(19-9)8-15-7-10-3-2-4-12(13(10)14)16(17)18/h2-6,15H,7-8H2,1H3. The average Bonchev–Trinajstić information content (AvgIpc) is 2.77. The Balaban J connectivity index is 2.00. The van der Waals surface area contributed by atoms with Gasteiger partial charge in [0.15, 0.2) is 0 Å². The normalized spacial score (nSPS) is 10.6. The molecule has 0 atom stereocenters. The maximum Gasteiger partial charge on any atom is 0.305 e. The van der Waals surface area contributed by atoms with Gasteiger partial charge in [-0.15, -0.1) is 11.3 Å². The second-order valence-corrected chi connectivity index (χ2v) is 5.50. The first-order valence-electron chi connectivity index (χ1n) is 5.75.